The van der Waals surface area contributed by atoms with Gasteiger partial charge in [0.15, 0.2) is 0 Å². The zero-order valence-electron chi connectivity index (χ0n) is 42.1. The molecule has 0 aliphatic carbocycles. The Morgan fingerprint density at radius 1 is 0.476 bits per heavy atom. The average Bonchev–Trinajstić information content (AvgIpc) is 3.75. The van der Waals surface area contributed by atoms with Crippen LogP contribution in [-0.2, 0) is 33.0 Å². The van der Waals surface area contributed by atoms with Crippen LogP contribution in [-0.4, -0.2) is 30.3 Å². The summed E-state index contributed by atoms with van der Waals surface area (Å²) in [6, 6.07) is 22.0. The van der Waals surface area contributed by atoms with E-state index in [1.165, 1.54) is 5.56 Å². The molecule has 0 saturated heterocycles. The van der Waals surface area contributed by atoms with Crippen LogP contribution in [0.3, 0.4) is 0 Å². The van der Waals surface area contributed by atoms with Crippen LogP contribution in [0.25, 0.3) is 0 Å². The molecule has 3 aromatic carbocycles. The summed E-state index contributed by atoms with van der Waals surface area (Å²) in [7, 11) is 0. The molecule has 2 heterocycles. The Labute approximate surface area is 390 Å². The van der Waals surface area contributed by atoms with Crippen LogP contribution in [0.1, 0.15) is 141 Å². The van der Waals surface area contributed by atoms with E-state index in [4.69, 9.17) is 0 Å². The molecule has 5 aromatic rings. The first-order valence-corrected chi connectivity index (χ1v) is 21.5. The average molecular weight is 855 g/mol. The van der Waals surface area contributed by atoms with Gasteiger partial charge in [0.25, 0.3) is 0 Å². The van der Waals surface area contributed by atoms with Gasteiger partial charge >= 0.3 is 30.9 Å². The molecule has 63 heavy (non-hydrogen) atoms. The van der Waals surface area contributed by atoms with Gasteiger partial charge in [0.1, 0.15) is 0 Å². The molecule has 0 fully saturated rings. The standard InChI is InChI=1S/2C18H26N4O.C15H24O.Li/c2*1-17(2,3)21-12-13-22(18(4,5)6)16(21)20-15(23)19-14-10-8-7-9-11-14;1-10-8-11(14(2,3)4)13(16)12(9-10)15(5,6)7;/h2*7-13H,1-6H3,(H,19,23);8-9,16H,1-7H3;/q;;;+1/p-1. The summed E-state index contributed by atoms with van der Waals surface area (Å²) in [5.41, 5.74) is 4.96. The van der Waals surface area contributed by atoms with E-state index >= 15 is 0 Å². The number of imidazole rings is 2. The Hall–Kier alpha value is -4.98. The monoisotopic (exact) mass is 855 g/mol. The topological polar surface area (TPSA) is 126 Å². The van der Waals surface area contributed by atoms with Crippen LogP contribution in [0.4, 0.5) is 21.0 Å². The smallest absolute Gasteiger partial charge is 0.872 e. The molecular formula is C51H75LiN8O3. The normalized spacial score (nSPS) is 12.1. The van der Waals surface area contributed by atoms with E-state index in [1.807, 2.05) is 116 Å². The molecule has 4 amide bonds. The predicted molar refractivity (Wildman–Crippen MR) is 255 cm³/mol. The summed E-state index contributed by atoms with van der Waals surface area (Å²) in [5.74, 6) is 0.214. The maximum absolute atomic E-state index is 12.4. The number of para-hydroxylation sites is 2. The number of urea groups is 2. The number of amides is 4. The van der Waals surface area contributed by atoms with Gasteiger partial charge in [0.2, 0.25) is 11.2 Å². The van der Waals surface area contributed by atoms with E-state index in [0.717, 1.165) is 22.5 Å². The third-order valence-electron chi connectivity index (χ3n) is 9.78. The quantitative estimate of drug-likeness (QED) is 0.173. The van der Waals surface area contributed by atoms with Crippen LogP contribution in [0.15, 0.2) is 108 Å². The molecule has 0 radical (unpaired) electrons. The number of hydrogen-bond acceptors (Lipinski definition) is 3. The van der Waals surface area contributed by atoms with Crippen LogP contribution in [0.5, 0.6) is 5.75 Å². The number of carbonyl (C=O) groups excluding carboxylic acids is 2. The minimum atomic E-state index is -0.376. The van der Waals surface area contributed by atoms with E-state index < -0.39 is 0 Å². The van der Waals surface area contributed by atoms with Crippen molar-refractivity contribution in [2.24, 2.45) is 9.98 Å². The minimum absolute atomic E-state index is 0. The number of rotatable bonds is 2. The van der Waals surface area contributed by atoms with Crippen molar-refractivity contribution in [3.63, 3.8) is 0 Å². The van der Waals surface area contributed by atoms with Gasteiger partial charge in [-0.1, -0.05) is 95.6 Å². The molecule has 12 heteroatoms. The molecule has 0 aliphatic rings. The first kappa shape index (κ1) is 54.2. The summed E-state index contributed by atoms with van der Waals surface area (Å²) in [6.45, 7) is 39.7. The van der Waals surface area contributed by atoms with Gasteiger partial charge in [0, 0.05) is 58.3 Å². The van der Waals surface area contributed by atoms with E-state index in [9.17, 15) is 14.7 Å². The molecule has 2 N–H and O–H groups in total. The number of carbonyl (C=O) groups is 2. The molecule has 0 saturated carbocycles. The van der Waals surface area contributed by atoms with Crippen LogP contribution in [0, 0.1) is 6.92 Å². The van der Waals surface area contributed by atoms with Gasteiger partial charge < -0.3 is 34.0 Å². The number of nitrogens with zero attached hydrogens (tertiary/aromatic N) is 6. The van der Waals surface area contributed by atoms with Crippen LogP contribution in [0.2, 0.25) is 0 Å². The van der Waals surface area contributed by atoms with Crippen molar-refractivity contribution in [3.8, 4) is 5.75 Å². The Bertz CT molecular complexity index is 2180. The zero-order chi connectivity index (χ0) is 47.2. The number of anilines is 2. The number of benzene rings is 3. The number of nitrogens with one attached hydrogen (secondary N) is 2. The molecule has 11 nitrogen and oxygen atoms in total. The molecular weight excluding hydrogens is 780 g/mol. The van der Waals surface area contributed by atoms with Gasteiger partial charge in [-0.2, -0.15) is 9.98 Å². The molecule has 0 atom stereocenters. The van der Waals surface area contributed by atoms with Crippen LogP contribution >= 0.6 is 0 Å². The SMILES string of the molecule is CC(C)(C)n1ccn(C(C)(C)C)c1=NC(=O)Nc1ccccc1.CC(C)(C)n1ccn(C(C)(C)C)c1=NC(=O)Nc1ccccc1.Cc1cc(C(C)(C)C)c([O-])c(C(C)(C)C)c1.[Li+]. The largest absolute Gasteiger partial charge is 1.00 e. The maximum atomic E-state index is 12.4. The fourth-order valence-corrected chi connectivity index (χ4v) is 6.49. The van der Waals surface area contributed by atoms with Crippen molar-refractivity contribution in [3.05, 3.63) is 126 Å². The first-order chi connectivity index (χ1) is 28.2. The fourth-order valence-electron chi connectivity index (χ4n) is 6.49. The predicted octanol–water partition coefficient (Wildman–Crippen LogP) is 8.53. The molecule has 2 aromatic heterocycles. The Balaban J connectivity index is 0.000000329. The Kier molecular flexibility index (Phi) is 17.8. The second kappa shape index (κ2) is 20.7. The minimum Gasteiger partial charge on any atom is -0.872 e. The number of aryl methyl sites for hydroxylation is 1. The zero-order valence-corrected chi connectivity index (χ0v) is 42.1. The maximum Gasteiger partial charge on any atom is 1.00 e. The Morgan fingerprint density at radius 3 is 0.952 bits per heavy atom. The molecule has 338 valence electrons. The van der Waals surface area contributed by atoms with Gasteiger partial charge in [-0.05, 0) is 136 Å². The first-order valence-electron chi connectivity index (χ1n) is 21.5. The molecule has 0 aliphatic heterocycles. The second-order valence-electron chi connectivity index (χ2n) is 21.9. The van der Waals surface area contributed by atoms with Crippen molar-refractivity contribution < 1.29 is 33.6 Å². The van der Waals surface area contributed by atoms with E-state index in [2.05, 4.69) is 152 Å². The number of aromatic nitrogens is 4. The van der Waals surface area contributed by atoms with Gasteiger partial charge in [-0.15, -0.1) is 5.75 Å². The van der Waals surface area contributed by atoms with Crippen LogP contribution < -0.4 is 45.8 Å². The van der Waals surface area contributed by atoms with E-state index in [-0.39, 0.29) is 69.7 Å². The molecule has 0 bridgehead atoms. The molecule has 0 spiro atoms. The fraction of sp³-hybridized carbons (Fsp3) is 0.490. The van der Waals surface area contributed by atoms with Gasteiger partial charge in [-0.25, -0.2) is 9.59 Å². The van der Waals surface area contributed by atoms with Crippen molar-refractivity contribution in [1.82, 2.24) is 18.3 Å². The van der Waals surface area contributed by atoms with E-state index in [0.29, 0.717) is 11.2 Å². The van der Waals surface area contributed by atoms with Crippen molar-refractivity contribution >= 4 is 23.4 Å². The second-order valence-corrected chi connectivity index (χ2v) is 21.9. The van der Waals surface area contributed by atoms with Gasteiger partial charge in [-0.3, -0.25) is 0 Å². The third-order valence-corrected chi connectivity index (χ3v) is 9.78. The summed E-state index contributed by atoms with van der Waals surface area (Å²) in [4.78, 5) is 33.3. The summed E-state index contributed by atoms with van der Waals surface area (Å²) >= 11 is 0. The molecule has 0 unspecified atom stereocenters. The van der Waals surface area contributed by atoms with Gasteiger partial charge in [0.05, 0.1) is 0 Å². The summed E-state index contributed by atoms with van der Waals surface area (Å²) in [5, 5.41) is 18.0. The van der Waals surface area contributed by atoms with Crippen molar-refractivity contribution in [1.29, 1.82) is 0 Å². The van der Waals surface area contributed by atoms with Crippen molar-refractivity contribution in [2.45, 2.75) is 165 Å². The summed E-state index contributed by atoms with van der Waals surface area (Å²) < 4.78 is 8.07. The molecule has 5 rings (SSSR count). The Morgan fingerprint density at radius 2 is 0.730 bits per heavy atom. The van der Waals surface area contributed by atoms with Crippen molar-refractivity contribution in [2.75, 3.05) is 10.6 Å². The summed E-state index contributed by atoms with van der Waals surface area (Å²) in [6.07, 6.45) is 7.89. The third kappa shape index (κ3) is 15.6. The number of hydrogen-bond donors (Lipinski definition) is 2. The van der Waals surface area contributed by atoms with E-state index in [1.54, 1.807) is 0 Å².